The second-order valence-corrected chi connectivity index (χ2v) is 5.09. The van der Waals surface area contributed by atoms with Crippen LogP contribution in [0.15, 0.2) is 40.9 Å². The third kappa shape index (κ3) is 2.78. The molecule has 0 aliphatic rings. The Morgan fingerprint density at radius 3 is 2.45 bits per heavy atom. The summed E-state index contributed by atoms with van der Waals surface area (Å²) in [4.78, 5) is 0. The molecule has 0 amide bonds. The highest BCUT2D eigenvalue weighted by Gasteiger charge is 2.17. The van der Waals surface area contributed by atoms with Crippen molar-refractivity contribution in [1.29, 1.82) is 0 Å². The van der Waals surface area contributed by atoms with Gasteiger partial charge in [0, 0.05) is 5.56 Å². The molecule has 0 aromatic heterocycles. The smallest absolute Gasteiger partial charge is 0.161 e. The molecule has 2 aromatic rings. The Hall–Kier alpha value is -1.59. The third-order valence-corrected chi connectivity index (χ3v) is 3.70. The highest BCUT2D eigenvalue weighted by Crippen LogP contribution is 2.33. The van der Waals surface area contributed by atoms with Crippen molar-refractivity contribution in [2.45, 2.75) is 6.04 Å². The fourth-order valence-electron chi connectivity index (χ4n) is 1.99. The molecule has 2 aromatic carbocycles. The van der Waals surface area contributed by atoms with Crippen molar-refractivity contribution in [2.24, 2.45) is 5.73 Å². The highest BCUT2D eigenvalue weighted by atomic mass is 79.9. The molecule has 0 radical (unpaired) electrons. The molecule has 20 heavy (non-hydrogen) atoms. The van der Waals surface area contributed by atoms with Crippen LogP contribution in [0.1, 0.15) is 17.2 Å². The SMILES string of the molecule is COc1ccc(C(N)c2cccc(Br)c2F)cc1OC. The summed E-state index contributed by atoms with van der Waals surface area (Å²) in [6.45, 7) is 0. The van der Waals surface area contributed by atoms with E-state index < -0.39 is 6.04 Å². The Morgan fingerprint density at radius 1 is 1.10 bits per heavy atom. The van der Waals surface area contributed by atoms with Gasteiger partial charge in [-0.25, -0.2) is 4.39 Å². The van der Waals surface area contributed by atoms with Crippen LogP contribution in [-0.4, -0.2) is 14.2 Å². The van der Waals surface area contributed by atoms with Gasteiger partial charge in [-0.1, -0.05) is 18.2 Å². The van der Waals surface area contributed by atoms with Crippen molar-refractivity contribution in [1.82, 2.24) is 0 Å². The summed E-state index contributed by atoms with van der Waals surface area (Å²) in [7, 11) is 3.11. The van der Waals surface area contributed by atoms with E-state index in [-0.39, 0.29) is 5.82 Å². The van der Waals surface area contributed by atoms with Gasteiger partial charge in [-0.15, -0.1) is 0 Å². The molecule has 3 nitrogen and oxygen atoms in total. The lowest BCUT2D eigenvalue weighted by Crippen LogP contribution is -2.14. The van der Waals surface area contributed by atoms with Gasteiger partial charge in [-0.05, 0) is 39.7 Å². The van der Waals surface area contributed by atoms with Crippen LogP contribution in [0.25, 0.3) is 0 Å². The fraction of sp³-hybridized carbons (Fsp3) is 0.200. The van der Waals surface area contributed by atoms with Gasteiger partial charge in [0.1, 0.15) is 5.82 Å². The predicted octanol–water partition coefficient (Wildman–Crippen LogP) is 3.65. The maximum absolute atomic E-state index is 14.1. The molecule has 0 spiro atoms. The Bertz CT molecular complexity index is 619. The summed E-state index contributed by atoms with van der Waals surface area (Å²) in [5.74, 6) is 0.823. The van der Waals surface area contributed by atoms with E-state index in [0.29, 0.717) is 21.5 Å². The third-order valence-electron chi connectivity index (χ3n) is 3.08. The van der Waals surface area contributed by atoms with Crippen molar-refractivity contribution in [3.05, 3.63) is 57.8 Å². The van der Waals surface area contributed by atoms with Gasteiger partial charge in [0.15, 0.2) is 11.5 Å². The standard InChI is InChI=1S/C15H15BrFNO2/c1-19-12-7-6-9(8-13(12)20-2)15(18)10-4-3-5-11(16)14(10)17/h3-8,15H,18H2,1-2H3. The minimum atomic E-state index is -0.577. The average Bonchev–Trinajstić information content (AvgIpc) is 2.48. The first-order valence-electron chi connectivity index (χ1n) is 6.00. The normalized spacial score (nSPS) is 12.1. The van der Waals surface area contributed by atoms with Gasteiger partial charge in [-0.2, -0.15) is 0 Å². The molecule has 106 valence electrons. The van der Waals surface area contributed by atoms with Gasteiger partial charge in [0.05, 0.1) is 24.7 Å². The maximum Gasteiger partial charge on any atom is 0.161 e. The van der Waals surface area contributed by atoms with E-state index >= 15 is 0 Å². The number of rotatable bonds is 4. The molecule has 5 heteroatoms. The molecule has 2 rings (SSSR count). The van der Waals surface area contributed by atoms with E-state index in [0.717, 1.165) is 5.56 Å². The first kappa shape index (κ1) is 14.8. The van der Waals surface area contributed by atoms with Crippen molar-refractivity contribution in [3.63, 3.8) is 0 Å². The Kier molecular flexibility index (Phi) is 4.62. The number of nitrogens with two attached hydrogens (primary N) is 1. The lowest BCUT2D eigenvalue weighted by molar-refractivity contribution is 0.354. The summed E-state index contributed by atoms with van der Waals surface area (Å²) in [5.41, 5.74) is 7.32. The van der Waals surface area contributed by atoms with Crippen LogP contribution in [0.2, 0.25) is 0 Å². The van der Waals surface area contributed by atoms with Crippen LogP contribution in [0, 0.1) is 5.82 Å². The molecule has 1 atom stereocenters. The summed E-state index contributed by atoms with van der Waals surface area (Å²) in [6.07, 6.45) is 0. The number of halogens is 2. The Balaban J connectivity index is 2.43. The minimum Gasteiger partial charge on any atom is -0.493 e. The van der Waals surface area contributed by atoms with E-state index in [1.165, 1.54) is 0 Å². The molecular weight excluding hydrogens is 325 g/mol. The maximum atomic E-state index is 14.1. The number of hydrogen-bond donors (Lipinski definition) is 1. The zero-order valence-corrected chi connectivity index (χ0v) is 12.8. The molecule has 0 saturated heterocycles. The molecule has 2 N–H and O–H groups in total. The highest BCUT2D eigenvalue weighted by molar-refractivity contribution is 9.10. The summed E-state index contributed by atoms with van der Waals surface area (Å²) in [6, 6.07) is 9.79. The molecule has 0 aliphatic heterocycles. The average molecular weight is 340 g/mol. The van der Waals surface area contributed by atoms with Crippen LogP contribution < -0.4 is 15.2 Å². The molecule has 0 saturated carbocycles. The first-order chi connectivity index (χ1) is 9.58. The van der Waals surface area contributed by atoms with Crippen molar-refractivity contribution in [2.75, 3.05) is 14.2 Å². The molecule has 0 bridgehead atoms. The lowest BCUT2D eigenvalue weighted by Gasteiger charge is -2.16. The van der Waals surface area contributed by atoms with Crippen molar-refractivity contribution >= 4 is 15.9 Å². The number of methoxy groups -OCH3 is 2. The largest absolute Gasteiger partial charge is 0.493 e. The second-order valence-electron chi connectivity index (χ2n) is 4.24. The predicted molar refractivity (Wildman–Crippen MR) is 79.7 cm³/mol. The van der Waals surface area contributed by atoms with E-state index in [2.05, 4.69) is 15.9 Å². The van der Waals surface area contributed by atoms with Crippen molar-refractivity contribution in [3.8, 4) is 11.5 Å². The summed E-state index contributed by atoms with van der Waals surface area (Å²) in [5, 5.41) is 0. The van der Waals surface area contributed by atoms with E-state index in [4.69, 9.17) is 15.2 Å². The van der Waals surface area contributed by atoms with Crippen LogP contribution in [0.4, 0.5) is 4.39 Å². The van der Waals surface area contributed by atoms with E-state index in [1.54, 1.807) is 50.6 Å². The monoisotopic (exact) mass is 339 g/mol. The van der Waals surface area contributed by atoms with Crippen LogP contribution in [0.5, 0.6) is 11.5 Å². The zero-order chi connectivity index (χ0) is 14.7. The van der Waals surface area contributed by atoms with Crippen LogP contribution in [0.3, 0.4) is 0 Å². The summed E-state index contributed by atoms with van der Waals surface area (Å²) < 4.78 is 24.9. The van der Waals surface area contributed by atoms with Gasteiger partial charge >= 0.3 is 0 Å². The molecular formula is C15H15BrFNO2. The summed E-state index contributed by atoms with van der Waals surface area (Å²) >= 11 is 3.16. The number of benzene rings is 2. The van der Waals surface area contributed by atoms with Crippen LogP contribution >= 0.6 is 15.9 Å². The van der Waals surface area contributed by atoms with Gasteiger partial charge in [0.25, 0.3) is 0 Å². The molecule has 0 aliphatic carbocycles. The number of hydrogen-bond acceptors (Lipinski definition) is 3. The minimum absolute atomic E-state index is 0.352. The first-order valence-corrected chi connectivity index (χ1v) is 6.79. The molecule has 0 fully saturated rings. The van der Waals surface area contributed by atoms with Crippen molar-refractivity contribution < 1.29 is 13.9 Å². The van der Waals surface area contributed by atoms with Gasteiger partial charge in [-0.3, -0.25) is 0 Å². The Morgan fingerprint density at radius 2 is 1.80 bits per heavy atom. The zero-order valence-electron chi connectivity index (χ0n) is 11.2. The van der Waals surface area contributed by atoms with Gasteiger partial charge < -0.3 is 15.2 Å². The van der Waals surface area contributed by atoms with E-state index in [1.807, 2.05) is 0 Å². The number of ether oxygens (including phenoxy) is 2. The van der Waals surface area contributed by atoms with Gasteiger partial charge in [0.2, 0.25) is 0 Å². The Labute approximate surface area is 125 Å². The fourth-order valence-corrected chi connectivity index (χ4v) is 2.37. The molecule has 1 unspecified atom stereocenters. The molecule has 0 heterocycles. The quantitative estimate of drug-likeness (QED) is 0.924. The second kappa shape index (κ2) is 6.24. The lowest BCUT2D eigenvalue weighted by atomic mass is 9.99. The van der Waals surface area contributed by atoms with E-state index in [9.17, 15) is 4.39 Å². The van der Waals surface area contributed by atoms with Crippen LogP contribution in [-0.2, 0) is 0 Å². The topological polar surface area (TPSA) is 44.5 Å².